The normalized spacial score (nSPS) is 15.8. The molecule has 2 aromatic rings. The summed E-state index contributed by atoms with van der Waals surface area (Å²) in [4.78, 5) is 15.9. The third kappa shape index (κ3) is 5.45. The van der Waals surface area contributed by atoms with Gasteiger partial charge in [0.15, 0.2) is 0 Å². The number of benzene rings is 2. The van der Waals surface area contributed by atoms with Gasteiger partial charge in [0.25, 0.3) is 0 Å². The van der Waals surface area contributed by atoms with Crippen molar-refractivity contribution in [2.75, 3.05) is 7.05 Å². The summed E-state index contributed by atoms with van der Waals surface area (Å²) in [7, 11) is 1.63. The lowest BCUT2D eigenvalue weighted by Crippen LogP contribution is -2.16. The Hall–Kier alpha value is -2.95. The summed E-state index contributed by atoms with van der Waals surface area (Å²) in [6.45, 7) is 1.18. The van der Waals surface area contributed by atoms with Crippen molar-refractivity contribution in [3.63, 3.8) is 0 Å². The highest BCUT2D eigenvalue weighted by Crippen LogP contribution is 2.38. The van der Waals surface area contributed by atoms with E-state index in [0.29, 0.717) is 22.4 Å². The van der Waals surface area contributed by atoms with Crippen LogP contribution in [0.5, 0.6) is 5.75 Å². The molecule has 1 aliphatic rings. The lowest BCUT2D eigenvalue weighted by atomic mass is 10.0. The quantitative estimate of drug-likeness (QED) is 0.519. The topological polar surface area (TPSA) is 50.7 Å². The van der Waals surface area contributed by atoms with Gasteiger partial charge in [-0.2, -0.15) is 31.3 Å². The van der Waals surface area contributed by atoms with E-state index in [-0.39, 0.29) is 17.1 Å². The predicted molar refractivity (Wildman–Crippen MR) is 109 cm³/mol. The third-order valence-electron chi connectivity index (χ3n) is 4.54. The van der Waals surface area contributed by atoms with Crippen molar-refractivity contribution in [3.05, 3.63) is 69.1 Å². The van der Waals surface area contributed by atoms with Crippen LogP contribution in [0.2, 0.25) is 0 Å². The average molecular weight is 474 g/mol. The minimum absolute atomic E-state index is 0.0840. The number of likely N-dealkylation sites (N-methyl/N-ethyl adjacent to an activating group) is 1. The van der Waals surface area contributed by atoms with Gasteiger partial charge in [0.1, 0.15) is 18.2 Å². The Labute approximate surface area is 183 Å². The van der Waals surface area contributed by atoms with Crippen LogP contribution in [-0.4, -0.2) is 18.1 Å². The van der Waals surface area contributed by atoms with E-state index in [0.717, 1.165) is 23.4 Å². The Morgan fingerprint density at radius 2 is 1.78 bits per heavy atom. The van der Waals surface area contributed by atoms with E-state index in [1.54, 1.807) is 32.2 Å². The molecule has 0 bridgehead atoms. The van der Waals surface area contributed by atoms with Gasteiger partial charge in [-0.3, -0.25) is 4.79 Å². The number of aliphatic imine (C=N–C) groups is 1. The number of hydrogen-bond acceptors (Lipinski definition) is 4. The summed E-state index contributed by atoms with van der Waals surface area (Å²) >= 11 is 0.958. The van der Waals surface area contributed by atoms with Crippen LogP contribution in [-0.2, 0) is 19.0 Å². The number of rotatable bonds is 4. The first kappa shape index (κ1) is 23.7. The standard InChI is InChI=1S/C21H16F6N2O2S/c1-11-7-15(6-4-12(11)8-17-18(28-2)29-19(30)32-17)31-10-13-3-5-14(20(22,23)24)9-16(13)21(25,26)27/h3-9H,10H2,1-2H3,(H,28,29,30)/b17-8-. The molecule has 0 atom stereocenters. The molecule has 1 N–H and O–H groups in total. The van der Waals surface area contributed by atoms with Crippen molar-refractivity contribution in [1.29, 1.82) is 0 Å². The molecule has 11 heteroatoms. The molecule has 0 spiro atoms. The molecule has 3 rings (SSSR count). The van der Waals surface area contributed by atoms with Gasteiger partial charge in [-0.15, -0.1) is 0 Å². The van der Waals surface area contributed by atoms with Gasteiger partial charge >= 0.3 is 17.6 Å². The number of nitrogens with zero attached hydrogens (tertiary/aromatic N) is 1. The zero-order chi connectivity index (χ0) is 23.7. The maximum absolute atomic E-state index is 13.3. The van der Waals surface area contributed by atoms with Gasteiger partial charge in [0.05, 0.1) is 16.0 Å². The second-order valence-corrected chi connectivity index (χ2v) is 7.75. The first-order valence-corrected chi connectivity index (χ1v) is 9.91. The Morgan fingerprint density at radius 3 is 2.38 bits per heavy atom. The summed E-state index contributed by atoms with van der Waals surface area (Å²) < 4.78 is 83.6. The van der Waals surface area contributed by atoms with Crippen molar-refractivity contribution in [2.45, 2.75) is 25.9 Å². The fourth-order valence-corrected chi connectivity index (χ4v) is 3.69. The van der Waals surface area contributed by atoms with E-state index >= 15 is 0 Å². The van der Waals surface area contributed by atoms with Gasteiger partial charge in [0.2, 0.25) is 0 Å². The van der Waals surface area contributed by atoms with Crippen LogP contribution in [0.15, 0.2) is 46.3 Å². The zero-order valence-corrected chi connectivity index (χ0v) is 17.5. The molecule has 2 aromatic carbocycles. The SMILES string of the molecule is CNC1=NC(=O)S/C1=C\c1ccc(OCc2ccc(C(F)(F)F)cc2C(F)(F)F)cc1C. The van der Waals surface area contributed by atoms with Crippen LogP contribution in [0, 0.1) is 6.92 Å². The zero-order valence-electron chi connectivity index (χ0n) is 16.7. The smallest absolute Gasteiger partial charge is 0.416 e. The molecule has 32 heavy (non-hydrogen) atoms. The molecule has 1 amide bonds. The maximum Gasteiger partial charge on any atom is 0.416 e. The van der Waals surface area contributed by atoms with E-state index in [4.69, 9.17) is 4.74 Å². The molecule has 0 fully saturated rings. The van der Waals surface area contributed by atoms with E-state index < -0.39 is 35.6 Å². The fraction of sp³-hybridized carbons (Fsp3) is 0.238. The highest BCUT2D eigenvalue weighted by molar-refractivity contribution is 8.18. The first-order chi connectivity index (χ1) is 14.9. The van der Waals surface area contributed by atoms with Crippen LogP contribution < -0.4 is 10.1 Å². The van der Waals surface area contributed by atoms with Gasteiger partial charge in [-0.1, -0.05) is 12.1 Å². The minimum atomic E-state index is -4.96. The number of ether oxygens (including phenoxy) is 1. The number of nitrogens with one attached hydrogen (secondary N) is 1. The Bertz CT molecular complexity index is 1110. The lowest BCUT2D eigenvalue weighted by molar-refractivity contribution is -0.143. The molecule has 0 saturated carbocycles. The molecule has 0 aliphatic carbocycles. The molecule has 170 valence electrons. The van der Waals surface area contributed by atoms with Crippen LogP contribution in [0.3, 0.4) is 0 Å². The van der Waals surface area contributed by atoms with Gasteiger partial charge in [-0.25, -0.2) is 0 Å². The monoisotopic (exact) mass is 474 g/mol. The number of amides is 1. The van der Waals surface area contributed by atoms with Crippen LogP contribution in [0.1, 0.15) is 27.8 Å². The van der Waals surface area contributed by atoms with Crippen molar-refractivity contribution >= 4 is 28.9 Å². The highest BCUT2D eigenvalue weighted by Gasteiger charge is 2.38. The fourth-order valence-electron chi connectivity index (χ4n) is 2.93. The summed E-state index contributed by atoms with van der Waals surface area (Å²) in [6, 6.07) is 6.21. The molecule has 0 aromatic heterocycles. The Morgan fingerprint density at radius 1 is 1.06 bits per heavy atom. The minimum Gasteiger partial charge on any atom is -0.489 e. The number of aryl methyl sites for hydroxylation is 1. The van der Waals surface area contributed by atoms with Crippen LogP contribution >= 0.6 is 11.8 Å². The van der Waals surface area contributed by atoms with Crippen molar-refractivity contribution in [1.82, 2.24) is 5.32 Å². The van der Waals surface area contributed by atoms with Crippen molar-refractivity contribution in [3.8, 4) is 5.75 Å². The highest BCUT2D eigenvalue weighted by atomic mass is 32.2. The summed E-state index contributed by atoms with van der Waals surface area (Å²) in [5, 5.41) is 2.47. The Kier molecular flexibility index (Phi) is 6.59. The largest absolute Gasteiger partial charge is 0.489 e. The predicted octanol–water partition coefficient (Wildman–Crippen LogP) is 6.44. The lowest BCUT2D eigenvalue weighted by Gasteiger charge is -2.16. The van der Waals surface area contributed by atoms with Crippen molar-refractivity contribution < 1.29 is 35.9 Å². The number of hydrogen-bond donors (Lipinski definition) is 1. The number of carbonyl (C=O) groups is 1. The molecule has 1 aliphatic heterocycles. The number of alkyl halides is 6. The van der Waals surface area contributed by atoms with Gasteiger partial charge < -0.3 is 10.1 Å². The average Bonchev–Trinajstić information content (AvgIpc) is 3.06. The van der Waals surface area contributed by atoms with Crippen LogP contribution in [0.4, 0.5) is 31.1 Å². The number of carbonyl (C=O) groups excluding carboxylic acids is 1. The van der Waals surface area contributed by atoms with Crippen molar-refractivity contribution in [2.24, 2.45) is 4.99 Å². The van der Waals surface area contributed by atoms with Gasteiger partial charge in [-0.05, 0) is 60.2 Å². The van der Waals surface area contributed by atoms with Gasteiger partial charge in [0, 0.05) is 12.6 Å². The molecular weight excluding hydrogens is 458 g/mol. The van der Waals surface area contributed by atoms with E-state index in [2.05, 4.69) is 10.3 Å². The number of amidine groups is 1. The second kappa shape index (κ2) is 8.89. The van der Waals surface area contributed by atoms with Crippen LogP contribution in [0.25, 0.3) is 6.08 Å². The first-order valence-electron chi connectivity index (χ1n) is 9.09. The number of thioether (sulfide) groups is 1. The number of halogens is 6. The summed E-state index contributed by atoms with van der Waals surface area (Å²) in [5.74, 6) is 0.678. The molecule has 1 heterocycles. The maximum atomic E-state index is 13.3. The summed E-state index contributed by atoms with van der Waals surface area (Å²) in [6.07, 6.45) is -8.11. The Balaban J connectivity index is 1.80. The third-order valence-corrected chi connectivity index (χ3v) is 5.33. The molecule has 0 saturated heterocycles. The van der Waals surface area contributed by atoms with E-state index in [9.17, 15) is 31.1 Å². The van der Waals surface area contributed by atoms with E-state index in [1.165, 1.54) is 6.07 Å². The summed E-state index contributed by atoms with van der Waals surface area (Å²) in [5.41, 5.74) is -1.73. The molecule has 4 nitrogen and oxygen atoms in total. The van der Waals surface area contributed by atoms with E-state index in [1.807, 2.05) is 0 Å². The molecule has 0 radical (unpaired) electrons. The second-order valence-electron chi connectivity index (χ2n) is 6.76. The molecule has 0 unspecified atom stereocenters. The molecular formula is C21H16F6N2O2S.